The van der Waals surface area contributed by atoms with E-state index in [-0.39, 0.29) is 22.9 Å². The summed E-state index contributed by atoms with van der Waals surface area (Å²) in [6.45, 7) is 0.746. The fourth-order valence-corrected chi connectivity index (χ4v) is 2.83. The highest BCUT2D eigenvalue weighted by Gasteiger charge is 2.03. The minimum atomic E-state index is -0.563. The zero-order valence-corrected chi connectivity index (χ0v) is 16.1. The number of hydrogen-bond donors (Lipinski definition) is 4. The van der Waals surface area contributed by atoms with Crippen molar-refractivity contribution in [3.05, 3.63) is 82.4 Å². The Balaban J connectivity index is 0.000000221. The van der Waals surface area contributed by atoms with Crippen LogP contribution in [0.2, 0.25) is 5.02 Å². The second-order valence-electron chi connectivity index (χ2n) is 6.01. The first-order valence-corrected chi connectivity index (χ1v) is 9.12. The van der Waals surface area contributed by atoms with E-state index in [0.29, 0.717) is 13.0 Å². The highest BCUT2D eigenvalue weighted by Crippen LogP contribution is 2.24. The molecular formula is C22H23ClN2O3. The van der Waals surface area contributed by atoms with Crippen molar-refractivity contribution in [2.75, 3.05) is 6.61 Å². The number of halogens is 1. The summed E-state index contributed by atoms with van der Waals surface area (Å²) in [6.07, 6.45) is 4.73. The topological polar surface area (TPSA) is 110 Å². The lowest BCUT2D eigenvalue weighted by atomic mass is 9.99. The molecule has 6 N–H and O–H groups in total. The van der Waals surface area contributed by atoms with Gasteiger partial charge in [0.2, 0.25) is 5.91 Å². The fourth-order valence-electron chi connectivity index (χ4n) is 2.65. The Labute approximate surface area is 168 Å². The molecule has 28 heavy (non-hydrogen) atoms. The molecule has 0 aliphatic carbocycles. The molecule has 1 amide bonds. The molecule has 0 atom stereocenters. The van der Waals surface area contributed by atoms with E-state index in [2.05, 4.69) is 30.3 Å². The molecule has 0 aromatic heterocycles. The molecule has 0 radical (unpaired) electrons. The molecule has 0 saturated heterocycles. The van der Waals surface area contributed by atoms with E-state index in [4.69, 9.17) is 33.3 Å². The maximum Gasteiger partial charge on any atom is 0.248 e. The van der Waals surface area contributed by atoms with E-state index in [0.717, 1.165) is 0 Å². The summed E-state index contributed by atoms with van der Waals surface area (Å²) in [5.74, 6) is -0.622. The van der Waals surface area contributed by atoms with Crippen LogP contribution in [0.5, 0.6) is 5.75 Å². The normalized spacial score (nSPS) is 10.7. The third-order valence-corrected chi connectivity index (χ3v) is 4.40. The summed E-state index contributed by atoms with van der Waals surface area (Å²) in [5.41, 5.74) is 13.3. The van der Waals surface area contributed by atoms with Crippen molar-refractivity contribution in [1.82, 2.24) is 0 Å². The van der Waals surface area contributed by atoms with Gasteiger partial charge in [-0.05, 0) is 46.5 Å². The number of phenols is 1. The lowest BCUT2D eigenvalue weighted by molar-refractivity contribution is 0.100. The van der Waals surface area contributed by atoms with Gasteiger partial charge in [-0.25, -0.2) is 0 Å². The van der Waals surface area contributed by atoms with Crippen LogP contribution in [-0.2, 0) is 6.54 Å². The third kappa shape index (κ3) is 5.57. The first kappa shape index (κ1) is 21.4. The van der Waals surface area contributed by atoms with Crippen LogP contribution in [0.3, 0.4) is 0 Å². The van der Waals surface area contributed by atoms with Crippen molar-refractivity contribution < 1.29 is 15.0 Å². The lowest BCUT2D eigenvalue weighted by Gasteiger charge is -2.07. The number of fused-ring (bicyclic) bond motifs is 1. The number of carbonyl (C=O) groups is 1. The van der Waals surface area contributed by atoms with Crippen LogP contribution >= 0.6 is 11.6 Å². The first-order chi connectivity index (χ1) is 13.5. The Morgan fingerprint density at radius 2 is 1.79 bits per heavy atom. The molecule has 3 rings (SSSR count). The summed E-state index contributed by atoms with van der Waals surface area (Å²) in [4.78, 5) is 10.5. The number of nitrogens with two attached hydrogens (primary N) is 2. The average molecular weight is 399 g/mol. The molecule has 0 unspecified atom stereocenters. The van der Waals surface area contributed by atoms with Gasteiger partial charge in [0.1, 0.15) is 5.75 Å². The monoisotopic (exact) mass is 398 g/mol. The van der Waals surface area contributed by atoms with E-state index in [9.17, 15) is 4.79 Å². The number of carbonyl (C=O) groups excluding carboxylic acids is 1. The van der Waals surface area contributed by atoms with Crippen LogP contribution in [0.15, 0.2) is 60.7 Å². The Morgan fingerprint density at radius 3 is 2.39 bits per heavy atom. The third-order valence-electron chi connectivity index (χ3n) is 4.09. The number of benzene rings is 3. The van der Waals surface area contributed by atoms with Crippen LogP contribution in [0, 0.1) is 0 Å². The van der Waals surface area contributed by atoms with Gasteiger partial charge in [-0.1, -0.05) is 60.2 Å². The predicted octanol–water partition coefficient (Wildman–Crippen LogP) is 3.84. The SMILES string of the molecule is NC(=O)c1ccc(O)c(Cl)c1.NCc1ccc(/C=C/CCO)c2ccccc12. The van der Waals surface area contributed by atoms with Crippen LogP contribution in [0.1, 0.15) is 27.9 Å². The smallest absolute Gasteiger partial charge is 0.248 e. The first-order valence-electron chi connectivity index (χ1n) is 8.74. The van der Waals surface area contributed by atoms with Gasteiger partial charge in [0.25, 0.3) is 0 Å². The van der Waals surface area contributed by atoms with Gasteiger partial charge in [-0.3, -0.25) is 4.79 Å². The van der Waals surface area contributed by atoms with Crippen molar-refractivity contribution >= 4 is 34.4 Å². The summed E-state index contributed by atoms with van der Waals surface area (Å²) in [7, 11) is 0. The van der Waals surface area contributed by atoms with Gasteiger partial charge in [0.15, 0.2) is 0 Å². The fraction of sp³-hybridized carbons (Fsp3) is 0.136. The van der Waals surface area contributed by atoms with Gasteiger partial charge in [-0.15, -0.1) is 0 Å². The van der Waals surface area contributed by atoms with E-state index in [1.807, 2.05) is 18.2 Å². The molecule has 6 heteroatoms. The largest absolute Gasteiger partial charge is 0.506 e. The number of primary amides is 1. The van der Waals surface area contributed by atoms with Crippen molar-refractivity contribution in [3.8, 4) is 5.75 Å². The van der Waals surface area contributed by atoms with Crippen molar-refractivity contribution in [2.45, 2.75) is 13.0 Å². The summed E-state index contributed by atoms with van der Waals surface area (Å²) >= 11 is 5.50. The Kier molecular flexibility index (Phi) is 8.02. The molecule has 0 bridgehead atoms. The minimum Gasteiger partial charge on any atom is -0.506 e. The molecule has 0 heterocycles. The van der Waals surface area contributed by atoms with Crippen molar-refractivity contribution in [1.29, 1.82) is 0 Å². The maximum atomic E-state index is 10.5. The molecule has 146 valence electrons. The summed E-state index contributed by atoms with van der Waals surface area (Å²) in [5, 5.41) is 20.3. The van der Waals surface area contributed by atoms with Gasteiger partial charge in [0.05, 0.1) is 5.02 Å². The van der Waals surface area contributed by atoms with Crippen LogP contribution in [-0.4, -0.2) is 22.7 Å². The van der Waals surface area contributed by atoms with Crippen LogP contribution < -0.4 is 11.5 Å². The molecule has 0 aliphatic rings. The molecule has 0 spiro atoms. The zero-order chi connectivity index (χ0) is 20.5. The second kappa shape index (κ2) is 10.5. The predicted molar refractivity (Wildman–Crippen MR) is 114 cm³/mol. The standard InChI is InChI=1S/C15H17NO.C7H6ClNO2/c16-11-13-9-8-12(5-3-4-10-17)14-6-1-2-7-15(13)14;8-5-3-4(7(9)11)1-2-6(5)10/h1-3,5-9,17H,4,10-11,16H2;1-3,10H,(H2,9,11)/b5-3+;. The summed E-state index contributed by atoms with van der Waals surface area (Å²) < 4.78 is 0. The van der Waals surface area contributed by atoms with E-state index < -0.39 is 5.91 Å². The van der Waals surface area contributed by atoms with E-state index >= 15 is 0 Å². The number of aliphatic hydroxyl groups is 1. The number of aromatic hydroxyl groups is 1. The molecule has 0 saturated carbocycles. The molecular weight excluding hydrogens is 376 g/mol. The molecule has 0 fully saturated rings. The highest BCUT2D eigenvalue weighted by molar-refractivity contribution is 6.32. The number of hydrogen-bond acceptors (Lipinski definition) is 4. The number of rotatable bonds is 5. The van der Waals surface area contributed by atoms with Gasteiger partial charge < -0.3 is 21.7 Å². The molecule has 5 nitrogen and oxygen atoms in total. The lowest BCUT2D eigenvalue weighted by Crippen LogP contribution is -2.10. The molecule has 0 aliphatic heterocycles. The Hall–Kier alpha value is -2.86. The Morgan fingerprint density at radius 1 is 1.07 bits per heavy atom. The van der Waals surface area contributed by atoms with Crippen molar-refractivity contribution in [3.63, 3.8) is 0 Å². The highest BCUT2D eigenvalue weighted by atomic mass is 35.5. The van der Waals surface area contributed by atoms with E-state index in [1.165, 1.54) is 40.1 Å². The second-order valence-corrected chi connectivity index (χ2v) is 6.42. The van der Waals surface area contributed by atoms with E-state index in [1.54, 1.807) is 0 Å². The van der Waals surface area contributed by atoms with Crippen LogP contribution in [0.4, 0.5) is 0 Å². The van der Waals surface area contributed by atoms with Crippen molar-refractivity contribution in [2.24, 2.45) is 11.5 Å². The molecule has 3 aromatic carbocycles. The molecule has 3 aromatic rings. The minimum absolute atomic E-state index is 0.0586. The Bertz CT molecular complexity index is 987. The number of amides is 1. The van der Waals surface area contributed by atoms with Gasteiger partial charge >= 0.3 is 0 Å². The van der Waals surface area contributed by atoms with Crippen LogP contribution in [0.25, 0.3) is 16.8 Å². The van der Waals surface area contributed by atoms with Gasteiger partial charge in [0, 0.05) is 18.7 Å². The maximum absolute atomic E-state index is 10.5. The number of phenolic OH excluding ortho intramolecular Hbond substituents is 1. The quantitative estimate of drug-likeness (QED) is 0.523. The average Bonchev–Trinajstić information content (AvgIpc) is 2.70. The summed E-state index contributed by atoms with van der Waals surface area (Å²) in [6, 6.07) is 16.5. The van der Waals surface area contributed by atoms with Gasteiger partial charge in [-0.2, -0.15) is 0 Å². The zero-order valence-electron chi connectivity index (χ0n) is 15.3. The number of aliphatic hydroxyl groups excluding tert-OH is 1.